The van der Waals surface area contributed by atoms with E-state index in [2.05, 4.69) is 15.5 Å². The highest BCUT2D eigenvalue weighted by atomic mass is 16.1. The molecule has 0 fully saturated rings. The van der Waals surface area contributed by atoms with E-state index in [1.807, 2.05) is 14.1 Å². The van der Waals surface area contributed by atoms with E-state index in [0.717, 1.165) is 18.7 Å². The number of nitrogens with one attached hydrogen (secondary N) is 2. The number of benzene rings is 1. The summed E-state index contributed by atoms with van der Waals surface area (Å²) < 4.78 is 0. The molecule has 0 radical (unpaired) electrons. The maximum atomic E-state index is 11.6. The van der Waals surface area contributed by atoms with Gasteiger partial charge in [0.15, 0.2) is 5.78 Å². The van der Waals surface area contributed by atoms with E-state index < -0.39 is 0 Å². The summed E-state index contributed by atoms with van der Waals surface area (Å²) in [7, 11) is 4.02. The van der Waals surface area contributed by atoms with Crippen molar-refractivity contribution >= 4 is 17.4 Å². The Hall–Kier alpha value is -1.88. The number of hydrogen-bond acceptors (Lipinski definition) is 4. The minimum atomic E-state index is -0.0283. The van der Waals surface area contributed by atoms with Crippen molar-refractivity contribution in [1.82, 2.24) is 10.2 Å². The van der Waals surface area contributed by atoms with E-state index in [4.69, 9.17) is 0 Å². The van der Waals surface area contributed by atoms with Crippen molar-refractivity contribution < 1.29 is 9.59 Å². The van der Waals surface area contributed by atoms with Gasteiger partial charge in [-0.05, 0) is 58.3 Å². The number of amides is 1. The van der Waals surface area contributed by atoms with Crippen LogP contribution in [0, 0.1) is 0 Å². The quantitative estimate of drug-likeness (QED) is 0.556. The molecule has 5 nitrogen and oxygen atoms in total. The van der Waals surface area contributed by atoms with Gasteiger partial charge in [0.2, 0.25) is 5.91 Å². The summed E-state index contributed by atoms with van der Waals surface area (Å²) in [4.78, 5) is 24.8. The van der Waals surface area contributed by atoms with Crippen molar-refractivity contribution in [1.29, 1.82) is 0 Å². The zero-order chi connectivity index (χ0) is 15.0. The summed E-state index contributed by atoms with van der Waals surface area (Å²) in [5.41, 5.74) is 1.50. The maximum absolute atomic E-state index is 11.6. The minimum absolute atomic E-state index is 0.0283. The van der Waals surface area contributed by atoms with Gasteiger partial charge in [0.25, 0.3) is 0 Å². The third kappa shape index (κ3) is 6.33. The molecule has 1 rings (SSSR count). The van der Waals surface area contributed by atoms with Crippen LogP contribution in [0.2, 0.25) is 0 Å². The highest BCUT2D eigenvalue weighted by Gasteiger charge is 2.02. The second kappa shape index (κ2) is 8.32. The third-order valence-corrected chi connectivity index (χ3v) is 2.85. The van der Waals surface area contributed by atoms with Crippen molar-refractivity contribution in [3.05, 3.63) is 29.8 Å². The number of nitrogens with zero attached hydrogens (tertiary/aromatic N) is 1. The van der Waals surface area contributed by atoms with Crippen molar-refractivity contribution in [2.75, 3.05) is 39.0 Å². The van der Waals surface area contributed by atoms with Crippen LogP contribution in [-0.2, 0) is 4.79 Å². The summed E-state index contributed by atoms with van der Waals surface area (Å²) in [5, 5.41) is 5.88. The molecule has 0 aromatic heterocycles. The van der Waals surface area contributed by atoms with Crippen LogP contribution in [-0.4, -0.2) is 50.3 Å². The third-order valence-electron chi connectivity index (χ3n) is 2.85. The lowest BCUT2D eigenvalue weighted by Gasteiger charge is -2.10. The van der Waals surface area contributed by atoms with Crippen molar-refractivity contribution in [2.24, 2.45) is 0 Å². The molecule has 0 saturated heterocycles. The van der Waals surface area contributed by atoms with Gasteiger partial charge in [-0.2, -0.15) is 0 Å². The molecule has 0 saturated carbocycles. The van der Waals surface area contributed by atoms with E-state index in [0.29, 0.717) is 12.1 Å². The monoisotopic (exact) mass is 277 g/mol. The smallest absolute Gasteiger partial charge is 0.239 e. The van der Waals surface area contributed by atoms with Crippen LogP contribution in [0.1, 0.15) is 23.7 Å². The molecule has 2 N–H and O–H groups in total. The summed E-state index contributed by atoms with van der Waals surface area (Å²) >= 11 is 0. The van der Waals surface area contributed by atoms with Gasteiger partial charge in [-0.3, -0.25) is 9.59 Å². The van der Waals surface area contributed by atoms with Crippen LogP contribution < -0.4 is 10.6 Å². The van der Waals surface area contributed by atoms with Gasteiger partial charge in [0, 0.05) is 17.8 Å². The Bertz CT molecular complexity index is 441. The average molecular weight is 277 g/mol. The molecule has 0 heterocycles. The lowest BCUT2D eigenvalue weighted by atomic mass is 10.1. The van der Waals surface area contributed by atoms with Crippen LogP contribution in [0.5, 0.6) is 0 Å². The largest absolute Gasteiger partial charge is 0.376 e. The highest BCUT2D eigenvalue weighted by molar-refractivity contribution is 5.94. The number of hydrogen-bond donors (Lipinski definition) is 2. The molecular formula is C15H23N3O2. The molecule has 1 aromatic carbocycles. The molecule has 1 aromatic rings. The van der Waals surface area contributed by atoms with Crippen molar-refractivity contribution in [3.63, 3.8) is 0 Å². The highest BCUT2D eigenvalue weighted by Crippen LogP contribution is 2.09. The van der Waals surface area contributed by atoms with Crippen LogP contribution in [0.4, 0.5) is 5.69 Å². The Kier molecular flexibility index (Phi) is 6.73. The standard InChI is InChI=1S/C15H23N3O2/c1-12(19)13-5-7-14(8-6-13)17-11-15(20)16-9-4-10-18(2)3/h5-8,17H,4,9-11H2,1-3H3,(H,16,20). The molecular weight excluding hydrogens is 254 g/mol. The first-order valence-electron chi connectivity index (χ1n) is 6.75. The number of Topliss-reactive ketones (excluding diaryl/α,β-unsaturated/α-hetero) is 1. The van der Waals surface area contributed by atoms with Gasteiger partial charge in [-0.1, -0.05) is 0 Å². The Balaban J connectivity index is 2.25. The molecule has 0 unspecified atom stereocenters. The first kappa shape index (κ1) is 16.2. The number of carbonyl (C=O) groups is 2. The van der Waals surface area contributed by atoms with Gasteiger partial charge < -0.3 is 15.5 Å². The molecule has 0 bridgehead atoms. The zero-order valence-corrected chi connectivity index (χ0v) is 12.4. The predicted molar refractivity (Wildman–Crippen MR) is 81.1 cm³/mol. The fourth-order valence-corrected chi connectivity index (χ4v) is 1.69. The number of anilines is 1. The van der Waals surface area contributed by atoms with Crippen LogP contribution in [0.25, 0.3) is 0 Å². The second-order valence-electron chi connectivity index (χ2n) is 4.99. The van der Waals surface area contributed by atoms with Gasteiger partial charge >= 0.3 is 0 Å². The van der Waals surface area contributed by atoms with E-state index in [1.165, 1.54) is 6.92 Å². The normalized spacial score (nSPS) is 10.4. The van der Waals surface area contributed by atoms with Gasteiger partial charge in [-0.25, -0.2) is 0 Å². The summed E-state index contributed by atoms with van der Waals surface area (Å²) in [6.45, 7) is 3.41. The lowest BCUT2D eigenvalue weighted by Crippen LogP contribution is -2.31. The summed E-state index contributed by atoms with van der Waals surface area (Å²) in [6.07, 6.45) is 0.937. The molecule has 5 heteroatoms. The van der Waals surface area contributed by atoms with E-state index in [-0.39, 0.29) is 18.2 Å². The topological polar surface area (TPSA) is 61.4 Å². The lowest BCUT2D eigenvalue weighted by molar-refractivity contribution is -0.119. The number of carbonyl (C=O) groups excluding carboxylic acids is 2. The molecule has 0 aliphatic carbocycles. The molecule has 20 heavy (non-hydrogen) atoms. The molecule has 110 valence electrons. The molecule has 0 spiro atoms. The van der Waals surface area contributed by atoms with Crippen LogP contribution in [0.15, 0.2) is 24.3 Å². The first-order valence-corrected chi connectivity index (χ1v) is 6.75. The fourth-order valence-electron chi connectivity index (χ4n) is 1.69. The Morgan fingerprint density at radius 1 is 1.15 bits per heavy atom. The van der Waals surface area contributed by atoms with E-state index in [9.17, 15) is 9.59 Å². The van der Waals surface area contributed by atoms with Gasteiger partial charge in [0.1, 0.15) is 0 Å². The van der Waals surface area contributed by atoms with Crippen LogP contribution >= 0.6 is 0 Å². The SMILES string of the molecule is CC(=O)c1ccc(NCC(=O)NCCCN(C)C)cc1. The zero-order valence-electron chi connectivity index (χ0n) is 12.4. The predicted octanol–water partition coefficient (Wildman–Crippen LogP) is 1.37. The Labute approximate surface area is 120 Å². The molecule has 1 amide bonds. The fraction of sp³-hybridized carbons (Fsp3) is 0.467. The molecule has 0 aliphatic rings. The Morgan fingerprint density at radius 2 is 1.80 bits per heavy atom. The molecule has 0 atom stereocenters. The average Bonchev–Trinajstić information content (AvgIpc) is 2.41. The first-order chi connectivity index (χ1) is 9.49. The van der Waals surface area contributed by atoms with E-state index >= 15 is 0 Å². The van der Waals surface area contributed by atoms with Gasteiger partial charge in [-0.15, -0.1) is 0 Å². The number of rotatable bonds is 8. The Morgan fingerprint density at radius 3 is 2.35 bits per heavy atom. The second-order valence-corrected chi connectivity index (χ2v) is 4.99. The van der Waals surface area contributed by atoms with Gasteiger partial charge in [0.05, 0.1) is 6.54 Å². The molecule has 0 aliphatic heterocycles. The van der Waals surface area contributed by atoms with Crippen molar-refractivity contribution in [3.8, 4) is 0 Å². The van der Waals surface area contributed by atoms with E-state index in [1.54, 1.807) is 24.3 Å². The summed E-state index contributed by atoms with van der Waals surface area (Å²) in [5.74, 6) is 0.00888. The maximum Gasteiger partial charge on any atom is 0.239 e. The summed E-state index contributed by atoms with van der Waals surface area (Å²) in [6, 6.07) is 7.10. The minimum Gasteiger partial charge on any atom is -0.376 e. The number of ketones is 1. The van der Waals surface area contributed by atoms with Crippen LogP contribution in [0.3, 0.4) is 0 Å². The van der Waals surface area contributed by atoms with Crippen molar-refractivity contribution in [2.45, 2.75) is 13.3 Å².